The van der Waals surface area contributed by atoms with Gasteiger partial charge in [-0.15, -0.1) is 10.2 Å². The third-order valence-electron chi connectivity index (χ3n) is 3.52. The van der Waals surface area contributed by atoms with E-state index >= 15 is 0 Å². The first kappa shape index (κ1) is 12.5. The van der Waals surface area contributed by atoms with Crippen LogP contribution in [0.4, 0.5) is 0 Å². The summed E-state index contributed by atoms with van der Waals surface area (Å²) in [6.45, 7) is 1.36. The number of nitrogens with zero attached hydrogens (tertiary/aromatic N) is 4. The maximum atomic E-state index is 9.92. The van der Waals surface area contributed by atoms with Gasteiger partial charge in [-0.05, 0) is 24.6 Å². The Bertz CT molecular complexity index is 807. The van der Waals surface area contributed by atoms with Gasteiger partial charge in [-0.2, -0.15) is 9.61 Å². The molecule has 2 N–H and O–H groups in total. The van der Waals surface area contributed by atoms with Crippen LogP contribution >= 0.6 is 11.3 Å². The van der Waals surface area contributed by atoms with Crippen molar-refractivity contribution >= 4 is 16.3 Å². The molecule has 108 valence electrons. The van der Waals surface area contributed by atoms with E-state index in [9.17, 15) is 10.2 Å². The highest BCUT2D eigenvalue weighted by molar-refractivity contribution is 7.19. The Labute approximate surface area is 123 Å². The minimum Gasteiger partial charge on any atom is -0.508 e. The summed E-state index contributed by atoms with van der Waals surface area (Å²) in [5.41, 5.74) is 0.485. The molecule has 1 aliphatic rings. The lowest BCUT2D eigenvalue weighted by atomic mass is 10.1. The lowest BCUT2D eigenvalue weighted by Gasteiger charge is -2.03. The van der Waals surface area contributed by atoms with Gasteiger partial charge in [0.05, 0.1) is 12.2 Å². The SMILES string of the molecule is Oc1ccc(O)c(-c2nn3c(C4CCOC4)nnc3s2)c1. The van der Waals surface area contributed by atoms with E-state index in [4.69, 9.17) is 4.74 Å². The van der Waals surface area contributed by atoms with E-state index in [0.717, 1.165) is 18.9 Å². The molecule has 8 heteroatoms. The zero-order chi connectivity index (χ0) is 14.4. The summed E-state index contributed by atoms with van der Waals surface area (Å²) in [7, 11) is 0. The second kappa shape index (κ2) is 4.68. The summed E-state index contributed by atoms with van der Waals surface area (Å²) < 4.78 is 7.07. The van der Waals surface area contributed by atoms with Crippen LogP contribution in [0.5, 0.6) is 11.5 Å². The summed E-state index contributed by atoms with van der Waals surface area (Å²) >= 11 is 1.32. The second-order valence-electron chi connectivity index (χ2n) is 4.92. The summed E-state index contributed by atoms with van der Waals surface area (Å²) in [5.74, 6) is 1.14. The van der Waals surface area contributed by atoms with Crippen LogP contribution in [0, 0.1) is 0 Å². The van der Waals surface area contributed by atoms with Crippen LogP contribution < -0.4 is 0 Å². The van der Waals surface area contributed by atoms with E-state index in [0.29, 0.717) is 22.1 Å². The minimum absolute atomic E-state index is 0.0727. The van der Waals surface area contributed by atoms with E-state index in [1.165, 1.54) is 29.5 Å². The Balaban J connectivity index is 1.82. The predicted molar refractivity (Wildman–Crippen MR) is 75.6 cm³/mol. The molecule has 7 nitrogen and oxygen atoms in total. The molecule has 0 radical (unpaired) electrons. The average Bonchev–Trinajstić information content (AvgIpc) is 3.15. The number of rotatable bonds is 2. The number of fused-ring (bicyclic) bond motifs is 1. The molecule has 1 unspecified atom stereocenters. The van der Waals surface area contributed by atoms with Crippen LogP contribution in [-0.2, 0) is 4.74 Å². The summed E-state index contributed by atoms with van der Waals surface area (Å²) in [4.78, 5) is 0.662. The van der Waals surface area contributed by atoms with Crippen molar-refractivity contribution in [3.63, 3.8) is 0 Å². The van der Waals surface area contributed by atoms with Gasteiger partial charge < -0.3 is 14.9 Å². The average molecular weight is 304 g/mol. The molecule has 0 bridgehead atoms. The van der Waals surface area contributed by atoms with Gasteiger partial charge in [0.15, 0.2) is 10.8 Å². The van der Waals surface area contributed by atoms with Gasteiger partial charge in [0.25, 0.3) is 0 Å². The van der Waals surface area contributed by atoms with Crippen molar-refractivity contribution < 1.29 is 14.9 Å². The topological polar surface area (TPSA) is 92.8 Å². The molecule has 2 aromatic heterocycles. The number of hydrogen-bond acceptors (Lipinski definition) is 7. The quantitative estimate of drug-likeness (QED) is 0.701. The Morgan fingerprint density at radius 3 is 3.00 bits per heavy atom. The van der Waals surface area contributed by atoms with Crippen LogP contribution in [0.3, 0.4) is 0 Å². The van der Waals surface area contributed by atoms with E-state index in [-0.39, 0.29) is 17.4 Å². The molecule has 1 aliphatic heterocycles. The van der Waals surface area contributed by atoms with Crippen molar-refractivity contribution in [1.29, 1.82) is 0 Å². The normalized spacial score (nSPS) is 18.6. The van der Waals surface area contributed by atoms with Crippen molar-refractivity contribution in [2.24, 2.45) is 0 Å². The smallest absolute Gasteiger partial charge is 0.234 e. The summed E-state index contributed by atoms with van der Waals surface area (Å²) in [6.07, 6.45) is 0.908. The monoisotopic (exact) mass is 304 g/mol. The number of hydrogen-bond donors (Lipinski definition) is 2. The largest absolute Gasteiger partial charge is 0.508 e. The number of aromatic nitrogens is 4. The Morgan fingerprint density at radius 1 is 1.29 bits per heavy atom. The van der Waals surface area contributed by atoms with E-state index in [1.54, 1.807) is 4.52 Å². The first-order chi connectivity index (χ1) is 10.2. The maximum absolute atomic E-state index is 9.92. The molecule has 4 rings (SSSR count). The molecule has 1 atom stereocenters. The third-order valence-corrected chi connectivity index (χ3v) is 4.45. The van der Waals surface area contributed by atoms with Gasteiger partial charge in [-0.25, -0.2) is 0 Å². The number of phenolic OH excluding ortho intramolecular Hbond substituents is 2. The number of ether oxygens (including phenoxy) is 1. The van der Waals surface area contributed by atoms with Gasteiger partial charge in [-0.3, -0.25) is 0 Å². The Hall–Kier alpha value is -2.19. The molecule has 1 fully saturated rings. The Morgan fingerprint density at radius 2 is 2.19 bits per heavy atom. The van der Waals surface area contributed by atoms with Gasteiger partial charge in [0, 0.05) is 12.5 Å². The van der Waals surface area contributed by atoms with Crippen LogP contribution in [0.25, 0.3) is 15.5 Å². The van der Waals surface area contributed by atoms with E-state index in [2.05, 4.69) is 15.3 Å². The molecule has 3 aromatic rings. The zero-order valence-corrected chi connectivity index (χ0v) is 11.7. The van der Waals surface area contributed by atoms with Crippen molar-refractivity contribution in [3.8, 4) is 22.1 Å². The van der Waals surface area contributed by atoms with E-state index < -0.39 is 0 Å². The lowest BCUT2D eigenvalue weighted by Crippen LogP contribution is -2.04. The maximum Gasteiger partial charge on any atom is 0.234 e. The molecular weight excluding hydrogens is 292 g/mol. The predicted octanol–water partition coefficient (Wildman–Crippen LogP) is 1.77. The summed E-state index contributed by atoms with van der Waals surface area (Å²) in [5, 5.41) is 32.9. The molecule has 0 saturated carbocycles. The van der Waals surface area contributed by atoms with Crippen LogP contribution in [0.1, 0.15) is 18.2 Å². The highest BCUT2D eigenvalue weighted by Gasteiger charge is 2.25. The fraction of sp³-hybridized carbons (Fsp3) is 0.308. The molecule has 0 spiro atoms. The first-order valence-electron chi connectivity index (χ1n) is 6.54. The number of benzene rings is 1. The van der Waals surface area contributed by atoms with Crippen molar-refractivity contribution in [2.45, 2.75) is 12.3 Å². The highest BCUT2D eigenvalue weighted by atomic mass is 32.1. The molecule has 1 saturated heterocycles. The lowest BCUT2D eigenvalue weighted by molar-refractivity contribution is 0.193. The van der Waals surface area contributed by atoms with Crippen LogP contribution in [-0.4, -0.2) is 43.2 Å². The van der Waals surface area contributed by atoms with Crippen LogP contribution in [0.15, 0.2) is 18.2 Å². The standard InChI is InChI=1S/C13H12N4O3S/c18-8-1-2-10(19)9(5-8)12-16-17-11(7-3-4-20-6-7)14-15-13(17)21-12/h1-2,5,7,18-19H,3-4,6H2. The van der Waals surface area contributed by atoms with Gasteiger partial charge in [0.2, 0.25) is 4.96 Å². The third kappa shape index (κ3) is 2.03. The zero-order valence-electron chi connectivity index (χ0n) is 10.9. The van der Waals surface area contributed by atoms with E-state index in [1.807, 2.05) is 0 Å². The second-order valence-corrected chi connectivity index (χ2v) is 5.88. The molecule has 1 aromatic carbocycles. The molecule has 0 amide bonds. The van der Waals surface area contributed by atoms with Gasteiger partial charge in [-0.1, -0.05) is 11.3 Å². The Kier molecular flexibility index (Phi) is 2.79. The molecule has 0 aliphatic carbocycles. The number of aromatic hydroxyl groups is 2. The van der Waals surface area contributed by atoms with Gasteiger partial charge >= 0.3 is 0 Å². The molecule has 21 heavy (non-hydrogen) atoms. The molecule has 3 heterocycles. The number of phenols is 2. The van der Waals surface area contributed by atoms with Crippen molar-refractivity contribution in [1.82, 2.24) is 19.8 Å². The van der Waals surface area contributed by atoms with Crippen molar-refractivity contribution in [3.05, 3.63) is 24.0 Å². The van der Waals surface area contributed by atoms with Crippen molar-refractivity contribution in [2.75, 3.05) is 13.2 Å². The first-order valence-corrected chi connectivity index (χ1v) is 7.36. The van der Waals surface area contributed by atoms with Crippen LogP contribution in [0.2, 0.25) is 0 Å². The summed E-state index contributed by atoms with van der Waals surface area (Å²) in [6, 6.07) is 4.36. The minimum atomic E-state index is 0.0727. The highest BCUT2D eigenvalue weighted by Crippen LogP contribution is 2.35. The molecular formula is C13H12N4O3S. The van der Waals surface area contributed by atoms with Gasteiger partial charge in [0.1, 0.15) is 11.5 Å². The fourth-order valence-electron chi connectivity index (χ4n) is 2.43. The fourth-order valence-corrected chi connectivity index (χ4v) is 3.30.